The monoisotopic (exact) mass is 485 g/mol. The Morgan fingerprint density at radius 2 is 1.89 bits per heavy atom. The largest absolute Gasteiger partial charge is 0.447 e. The molecule has 1 amide bonds. The molecule has 4 aromatic rings. The fraction of sp³-hybridized carbons (Fsp3) is 0.310. The first kappa shape index (κ1) is 22.7. The number of piperidine rings is 1. The average molecular weight is 486 g/mol. The summed E-state index contributed by atoms with van der Waals surface area (Å²) in [6.45, 7) is 4.04. The quantitative estimate of drug-likeness (QED) is 0.351. The Kier molecular flexibility index (Phi) is 5.52. The predicted molar refractivity (Wildman–Crippen MR) is 135 cm³/mol. The van der Waals surface area contributed by atoms with Gasteiger partial charge in [-0.15, -0.1) is 0 Å². The van der Waals surface area contributed by atoms with Crippen molar-refractivity contribution in [2.24, 2.45) is 5.92 Å². The lowest BCUT2D eigenvalue weighted by atomic mass is 9.86. The van der Waals surface area contributed by atoms with Crippen molar-refractivity contribution in [1.29, 1.82) is 0 Å². The fourth-order valence-corrected chi connectivity index (χ4v) is 6.17. The maximum Gasteiger partial charge on any atom is 0.409 e. The summed E-state index contributed by atoms with van der Waals surface area (Å²) in [5.41, 5.74) is 5.33. The van der Waals surface area contributed by atoms with Crippen LogP contribution in [0.2, 0.25) is 0 Å². The van der Waals surface area contributed by atoms with E-state index < -0.39 is 0 Å². The van der Waals surface area contributed by atoms with Crippen LogP contribution < -0.4 is 0 Å². The Morgan fingerprint density at radius 1 is 1.11 bits per heavy atom. The number of rotatable bonds is 6. The highest BCUT2D eigenvalue weighted by atomic mass is 19.1. The van der Waals surface area contributed by atoms with Gasteiger partial charge in [0.25, 0.3) is 0 Å². The third kappa shape index (κ3) is 3.57. The Bertz CT molecular complexity index is 1420. The van der Waals surface area contributed by atoms with Crippen molar-refractivity contribution in [3.63, 3.8) is 0 Å². The summed E-state index contributed by atoms with van der Waals surface area (Å²) in [7, 11) is 1.59. The van der Waals surface area contributed by atoms with Crippen LogP contribution in [0.25, 0.3) is 16.6 Å². The summed E-state index contributed by atoms with van der Waals surface area (Å²) in [5, 5.41) is 5.62. The standard InChI is InChI=1S/C29H28FN3O3/c1-19-14-26-21(16-31-33(26)23-10-8-22(30)9-11-23)15-24(19)29-18-32(28(34)36-13-12-35-2)17-25(29)27(29)20-6-4-3-5-7-20/h3-11,14-16,25,27H,12-13,17-18H2,1-2H3/t25-,27-,29+/m0/s1. The van der Waals surface area contributed by atoms with E-state index in [9.17, 15) is 9.18 Å². The van der Waals surface area contributed by atoms with Crippen molar-refractivity contribution < 1.29 is 18.7 Å². The second-order valence-electron chi connectivity index (χ2n) is 9.78. The summed E-state index contributed by atoms with van der Waals surface area (Å²) < 4.78 is 25.8. The van der Waals surface area contributed by atoms with E-state index in [-0.39, 0.29) is 23.9 Å². The number of aryl methyl sites for hydroxylation is 1. The highest BCUT2D eigenvalue weighted by Gasteiger charge is 2.71. The zero-order chi connectivity index (χ0) is 24.9. The Balaban J connectivity index is 1.38. The maximum absolute atomic E-state index is 13.5. The minimum atomic E-state index is -0.284. The SMILES string of the molecule is COCCOC(=O)N1C[C@H]2[C@H](c3ccccc3)[C@@]2(c2cc3cnn(-c4ccc(F)cc4)c3cc2C)C1. The Morgan fingerprint density at radius 3 is 2.64 bits per heavy atom. The number of likely N-dealkylation sites (tertiary alicyclic amines) is 1. The Hall–Kier alpha value is -3.71. The molecule has 7 heteroatoms. The van der Waals surface area contributed by atoms with Crippen molar-refractivity contribution in [3.8, 4) is 5.69 Å². The third-order valence-corrected chi connectivity index (χ3v) is 7.80. The molecule has 1 aromatic heterocycles. The van der Waals surface area contributed by atoms with Gasteiger partial charge in [0.1, 0.15) is 12.4 Å². The van der Waals surface area contributed by atoms with Gasteiger partial charge in [0, 0.05) is 36.9 Å². The van der Waals surface area contributed by atoms with Crippen LogP contribution in [0.1, 0.15) is 22.6 Å². The number of benzene rings is 3. The summed E-state index contributed by atoms with van der Waals surface area (Å²) >= 11 is 0. The van der Waals surface area contributed by atoms with Crippen LogP contribution in [0.15, 0.2) is 72.9 Å². The number of halogens is 1. The normalized spacial score (nSPS) is 22.6. The number of ether oxygens (including phenoxy) is 2. The van der Waals surface area contributed by atoms with Gasteiger partial charge in [-0.2, -0.15) is 5.10 Å². The van der Waals surface area contributed by atoms with E-state index in [2.05, 4.69) is 48.4 Å². The molecule has 0 unspecified atom stereocenters. The molecule has 0 bridgehead atoms. The van der Waals surface area contributed by atoms with Gasteiger partial charge < -0.3 is 14.4 Å². The van der Waals surface area contributed by atoms with E-state index >= 15 is 0 Å². The molecule has 1 saturated heterocycles. The Labute approximate surface area is 209 Å². The number of fused-ring (bicyclic) bond motifs is 2. The zero-order valence-corrected chi connectivity index (χ0v) is 20.4. The van der Waals surface area contributed by atoms with E-state index in [1.54, 1.807) is 19.2 Å². The molecule has 0 N–H and O–H groups in total. The van der Waals surface area contributed by atoms with E-state index in [0.717, 1.165) is 22.2 Å². The maximum atomic E-state index is 13.5. The van der Waals surface area contributed by atoms with Crippen LogP contribution in [0.4, 0.5) is 9.18 Å². The lowest BCUT2D eigenvalue weighted by Crippen LogP contribution is -2.35. The van der Waals surface area contributed by atoms with Crippen molar-refractivity contribution in [3.05, 3.63) is 95.4 Å². The van der Waals surface area contributed by atoms with Gasteiger partial charge in [-0.25, -0.2) is 13.9 Å². The summed E-state index contributed by atoms with van der Waals surface area (Å²) in [5.74, 6) is 0.384. The molecule has 1 aliphatic heterocycles. The number of methoxy groups -OCH3 is 1. The minimum Gasteiger partial charge on any atom is -0.447 e. The van der Waals surface area contributed by atoms with Gasteiger partial charge in [-0.1, -0.05) is 30.3 Å². The second kappa shape index (κ2) is 8.75. The van der Waals surface area contributed by atoms with Crippen molar-refractivity contribution in [2.45, 2.75) is 18.3 Å². The fourth-order valence-electron chi connectivity index (χ4n) is 6.17. The first-order valence-electron chi connectivity index (χ1n) is 12.2. The first-order valence-corrected chi connectivity index (χ1v) is 12.2. The number of carbonyl (C=O) groups excluding carboxylic acids is 1. The molecule has 1 aliphatic carbocycles. The van der Waals surface area contributed by atoms with Crippen LogP contribution >= 0.6 is 0 Å². The lowest BCUT2D eigenvalue weighted by molar-refractivity contribution is 0.0736. The van der Waals surface area contributed by atoms with Gasteiger partial charge in [0.15, 0.2) is 0 Å². The molecular weight excluding hydrogens is 457 g/mol. The first-order chi connectivity index (χ1) is 17.5. The molecule has 184 valence electrons. The molecular formula is C29H28FN3O3. The molecule has 2 heterocycles. The van der Waals surface area contributed by atoms with Gasteiger partial charge in [-0.3, -0.25) is 0 Å². The second-order valence-corrected chi connectivity index (χ2v) is 9.78. The molecule has 36 heavy (non-hydrogen) atoms. The molecule has 6 nitrogen and oxygen atoms in total. The van der Waals surface area contributed by atoms with Crippen molar-refractivity contribution in [2.75, 3.05) is 33.4 Å². The number of nitrogens with zero attached hydrogens (tertiary/aromatic N) is 3. The molecule has 0 spiro atoms. The van der Waals surface area contributed by atoms with Crippen LogP contribution in [0.3, 0.4) is 0 Å². The van der Waals surface area contributed by atoms with Crippen molar-refractivity contribution in [1.82, 2.24) is 14.7 Å². The third-order valence-electron chi connectivity index (χ3n) is 7.80. The van der Waals surface area contributed by atoms with Crippen LogP contribution in [-0.2, 0) is 14.9 Å². The van der Waals surface area contributed by atoms with Crippen molar-refractivity contribution >= 4 is 17.0 Å². The van der Waals surface area contributed by atoms with Crippen LogP contribution in [-0.4, -0.2) is 54.2 Å². The number of amides is 1. The number of hydrogen-bond donors (Lipinski definition) is 0. The van der Waals surface area contributed by atoms with E-state index in [1.807, 2.05) is 21.8 Å². The highest BCUT2D eigenvalue weighted by Crippen LogP contribution is 2.69. The molecule has 2 aliphatic rings. The number of aromatic nitrogens is 2. The summed E-state index contributed by atoms with van der Waals surface area (Å²) in [4.78, 5) is 14.6. The smallest absolute Gasteiger partial charge is 0.409 e. The molecule has 2 fully saturated rings. The summed E-state index contributed by atoms with van der Waals surface area (Å²) in [6.07, 6.45) is 1.58. The number of carbonyl (C=O) groups is 1. The van der Waals surface area contributed by atoms with Gasteiger partial charge >= 0.3 is 6.09 Å². The molecule has 6 rings (SSSR count). The highest BCUT2D eigenvalue weighted by molar-refractivity contribution is 5.83. The van der Waals surface area contributed by atoms with E-state index in [0.29, 0.717) is 31.5 Å². The molecule has 0 radical (unpaired) electrons. The topological polar surface area (TPSA) is 56.6 Å². The van der Waals surface area contributed by atoms with E-state index in [4.69, 9.17) is 9.47 Å². The average Bonchev–Trinajstić information content (AvgIpc) is 3.16. The summed E-state index contributed by atoms with van der Waals surface area (Å²) in [6, 6.07) is 21.3. The van der Waals surface area contributed by atoms with Gasteiger partial charge in [0.05, 0.1) is 24.0 Å². The lowest BCUT2D eigenvalue weighted by Gasteiger charge is -2.25. The van der Waals surface area contributed by atoms with Crippen LogP contribution in [0.5, 0.6) is 0 Å². The van der Waals surface area contributed by atoms with Gasteiger partial charge in [-0.05, 0) is 65.9 Å². The zero-order valence-electron chi connectivity index (χ0n) is 20.4. The molecule has 3 atom stereocenters. The predicted octanol–water partition coefficient (Wildman–Crippen LogP) is 5.22. The van der Waals surface area contributed by atoms with E-state index in [1.165, 1.54) is 23.3 Å². The van der Waals surface area contributed by atoms with Crippen LogP contribution in [0, 0.1) is 18.7 Å². The minimum absolute atomic E-state index is 0.169. The van der Waals surface area contributed by atoms with Gasteiger partial charge in [0.2, 0.25) is 0 Å². The molecule has 1 saturated carbocycles. The number of hydrogen-bond acceptors (Lipinski definition) is 4. The molecule has 3 aromatic carbocycles.